The molecule has 2 rings (SSSR count). The van der Waals surface area contributed by atoms with Crippen molar-refractivity contribution < 1.29 is 10.2 Å². The molecule has 0 heterocycles. The Bertz CT molecular complexity index is 672. The number of nitrogens with one attached hydrogen (secondary N) is 1. The summed E-state index contributed by atoms with van der Waals surface area (Å²) in [5, 5.41) is 24.1. The number of hydrogen-bond donors (Lipinski definition) is 3. The zero-order chi connectivity index (χ0) is 14.7. The summed E-state index contributed by atoms with van der Waals surface area (Å²) < 4.78 is 0. The van der Waals surface area contributed by atoms with Gasteiger partial charge in [0, 0.05) is 16.7 Å². The second-order valence-corrected chi connectivity index (χ2v) is 4.98. The van der Waals surface area contributed by atoms with E-state index in [1.807, 2.05) is 0 Å². The van der Waals surface area contributed by atoms with Crippen LogP contribution in [0.4, 0.5) is 5.69 Å². The van der Waals surface area contributed by atoms with Crippen LogP contribution in [0.15, 0.2) is 41.5 Å². The van der Waals surface area contributed by atoms with E-state index in [9.17, 15) is 10.2 Å². The van der Waals surface area contributed by atoms with Crippen molar-refractivity contribution >= 4 is 34.6 Å². The molecule has 2 aromatic rings. The first-order valence-corrected chi connectivity index (χ1v) is 6.50. The van der Waals surface area contributed by atoms with Gasteiger partial charge in [0.1, 0.15) is 11.5 Å². The van der Waals surface area contributed by atoms with Crippen molar-refractivity contribution in [2.75, 3.05) is 5.43 Å². The van der Waals surface area contributed by atoms with Crippen molar-refractivity contribution in [3.8, 4) is 11.5 Å². The van der Waals surface area contributed by atoms with Crippen molar-refractivity contribution in [3.05, 3.63) is 52.0 Å². The fourth-order valence-corrected chi connectivity index (χ4v) is 2.06. The molecule has 0 amide bonds. The molecular weight excluding hydrogens is 299 g/mol. The Balaban J connectivity index is 2.22. The third kappa shape index (κ3) is 3.35. The summed E-state index contributed by atoms with van der Waals surface area (Å²) in [4.78, 5) is 0. The van der Waals surface area contributed by atoms with Crippen molar-refractivity contribution in [3.63, 3.8) is 0 Å². The highest BCUT2D eigenvalue weighted by Gasteiger charge is 2.06. The molecule has 0 radical (unpaired) electrons. The minimum atomic E-state index is -0.0461. The number of nitrogens with zero attached hydrogens (tertiary/aromatic N) is 1. The Morgan fingerprint density at radius 3 is 2.50 bits per heavy atom. The zero-order valence-electron chi connectivity index (χ0n) is 10.6. The number of hydrazone groups is 1. The molecule has 6 heteroatoms. The molecular formula is C14H12Cl2N2O2. The van der Waals surface area contributed by atoms with E-state index in [2.05, 4.69) is 10.5 Å². The normalized spacial score (nSPS) is 11.4. The molecule has 0 aliphatic rings. The van der Waals surface area contributed by atoms with Crippen molar-refractivity contribution in [1.82, 2.24) is 0 Å². The topological polar surface area (TPSA) is 64.9 Å². The number of phenols is 2. The Labute approximate surface area is 126 Å². The summed E-state index contributed by atoms with van der Waals surface area (Å²) in [5.74, 6) is -0.0528. The highest BCUT2D eigenvalue weighted by atomic mass is 35.5. The van der Waals surface area contributed by atoms with Gasteiger partial charge in [-0.25, -0.2) is 0 Å². The standard InChI is InChI=1S/C14H12Cl2N2O2/c1-8(11-4-3-10(19)7-14(11)20)17-18-13-5-2-9(15)6-12(13)16/h2-7,18-20H,1H3/b17-8+. The first kappa shape index (κ1) is 14.5. The molecule has 0 saturated carbocycles. The maximum atomic E-state index is 9.74. The lowest BCUT2D eigenvalue weighted by molar-refractivity contribution is 0.450. The molecule has 4 nitrogen and oxygen atoms in total. The number of benzene rings is 2. The number of hydrogen-bond acceptors (Lipinski definition) is 4. The predicted octanol–water partition coefficient (Wildman–Crippen LogP) is 4.24. The van der Waals surface area contributed by atoms with Gasteiger partial charge >= 0.3 is 0 Å². The van der Waals surface area contributed by atoms with E-state index in [0.717, 1.165) is 0 Å². The molecule has 0 spiro atoms. The fourth-order valence-electron chi connectivity index (χ4n) is 1.61. The summed E-state index contributed by atoms with van der Waals surface area (Å²) in [5.41, 5.74) is 4.47. The number of phenolic OH excluding ortho intramolecular Hbond substituents is 2. The van der Waals surface area contributed by atoms with E-state index in [-0.39, 0.29) is 11.5 Å². The first-order valence-electron chi connectivity index (χ1n) is 5.75. The molecule has 20 heavy (non-hydrogen) atoms. The van der Waals surface area contributed by atoms with Gasteiger partial charge in [0.05, 0.1) is 16.4 Å². The summed E-state index contributed by atoms with van der Waals surface area (Å²) >= 11 is 11.8. The fraction of sp³-hybridized carbons (Fsp3) is 0.0714. The van der Waals surface area contributed by atoms with Gasteiger partial charge in [-0.3, -0.25) is 5.43 Å². The third-order valence-electron chi connectivity index (χ3n) is 2.65. The molecule has 0 aliphatic carbocycles. The summed E-state index contributed by atoms with van der Waals surface area (Å²) in [6.07, 6.45) is 0. The Morgan fingerprint density at radius 2 is 1.85 bits per heavy atom. The summed E-state index contributed by atoms with van der Waals surface area (Å²) in [6, 6.07) is 9.31. The number of halogens is 2. The average Bonchev–Trinajstić information content (AvgIpc) is 2.37. The van der Waals surface area contributed by atoms with E-state index in [0.29, 0.717) is 27.0 Å². The molecule has 0 saturated heterocycles. The van der Waals surface area contributed by atoms with E-state index in [1.54, 1.807) is 31.2 Å². The van der Waals surface area contributed by atoms with Crippen LogP contribution in [-0.4, -0.2) is 15.9 Å². The lowest BCUT2D eigenvalue weighted by Gasteiger charge is -2.07. The van der Waals surface area contributed by atoms with Crippen LogP contribution >= 0.6 is 23.2 Å². The Hall–Kier alpha value is -1.91. The molecule has 0 bridgehead atoms. The third-order valence-corrected chi connectivity index (χ3v) is 3.19. The van der Waals surface area contributed by atoms with Gasteiger partial charge in [0.2, 0.25) is 0 Å². The molecule has 104 valence electrons. The van der Waals surface area contributed by atoms with Gasteiger partial charge in [-0.05, 0) is 37.3 Å². The Kier molecular flexibility index (Phi) is 4.37. The van der Waals surface area contributed by atoms with Crippen LogP contribution in [0.2, 0.25) is 10.0 Å². The molecule has 0 aliphatic heterocycles. The van der Waals surface area contributed by atoms with Crippen molar-refractivity contribution in [2.45, 2.75) is 6.92 Å². The van der Waals surface area contributed by atoms with E-state index >= 15 is 0 Å². The van der Waals surface area contributed by atoms with Crippen molar-refractivity contribution in [2.24, 2.45) is 5.10 Å². The van der Waals surface area contributed by atoms with E-state index in [1.165, 1.54) is 12.1 Å². The zero-order valence-corrected chi connectivity index (χ0v) is 12.1. The summed E-state index contributed by atoms with van der Waals surface area (Å²) in [6.45, 7) is 1.73. The van der Waals surface area contributed by atoms with Gasteiger partial charge in [0.15, 0.2) is 0 Å². The van der Waals surface area contributed by atoms with Gasteiger partial charge in [-0.15, -0.1) is 0 Å². The van der Waals surface area contributed by atoms with Crippen LogP contribution in [0.5, 0.6) is 11.5 Å². The van der Waals surface area contributed by atoms with Gasteiger partial charge in [-0.1, -0.05) is 23.2 Å². The second kappa shape index (κ2) is 6.03. The lowest BCUT2D eigenvalue weighted by Crippen LogP contribution is -2.00. The van der Waals surface area contributed by atoms with Gasteiger partial charge in [-0.2, -0.15) is 5.10 Å². The predicted molar refractivity (Wildman–Crippen MR) is 82.1 cm³/mol. The molecule has 0 fully saturated rings. The highest BCUT2D eigenvalue weighted by Crippen LogP contribution is 2.26. The van der Waals surface area contributed by atoms with E-state index in [4.69, 9.17) is 23.2 Å². The molecule has 2 aromatic carbocycles. The number of anilines is 1. The van der Waals surface area contributed by atoms with Gasteiger partial charge in [0.25, 0.3) is 0 Å². The van der Waals surface area contributed by atoms with Crippen LogP contribution in [0.25, 0.3) is 0 Å². The molecule has 0 atom stereocenters. The molecule has 3 N–H and O–H groups in total. The SMILES string of the molecule is C/C(=N\Nc1ccc(Cl)cc1Cl)c1ccc(O)cc1O. The van der Waals surface area contributed by atoms with Crippen LogP contribution in [0.1, 0.15) is 12.5 Å². The minimum absolute atomic E-state index is 0.00671. The highest BCUT2D eigenvalue weighted by molar-refractivity contribution is 6.36. The van der Waals surface area contributed by atoms with Crippen LogP contribution in [0, 0.1) is 0 Å². The van der Waals surface area contributed by atoms with E-state index < -0.39 is 0 Å². The van der Waals surface area contributed by atoms with Gasteiger partial charge < -0.3 is 10.2 Å². The van der Waals surface area contributed by atoms with Crippen LogP contribution in [-0.2, 0) is 0 Å². The number of rotatable bonds is 3. The number of aromatic hydroxyl groups is 2. The van der Waals surface area contributed by atoms with Crippen LogP contribution in [0.3, 0.4) is 0 Å². The first-order chi connectivity index (χ1) is 9.47. The quantitative estimate of drug-likeness (QED) is 0.587. The maximum absolute atomic E-state index is 9.74. The minimum Gasteiger partial charge on any atom is -0.508 e. The summed E-state index contributed by atoms with van der Waals surface area (Å²) in [7, 11) is 0. The monoisotopic (exact) mass is 310 g/mol. The molecule has 0 aromatic heterocycles. The lowest BCUT2D eigenvalue weighted by atomic mass is 10.1. The molecule has 0 unspecified atom stereocenters. The maximum Gasteiger partial charge on any atom is 0.128 e. The second-order valence-electron chi connectivity index (χ2n) is 4.13. The Morgan fingerprint density at radius 1 is 1.10 bits per heavy atom. The largest absolute Gasteiger partial charge is 0.508 e. The van der Waals surface area contributed by atoms with Crippen LogP contribution < -0.4 is 5.43 Å². The average molecular weight is 311 g/mol. The smallest absolute Gasteiger partial charge is 0.128 e. The van der Waals surface area contributed by atoms with Crippen molar-refractivity contribution in [1.29, 1.82) is 0 Å².